The van der Waals surface area contributed by atoms with Crippen molar-refractivity contribution in [3.63, 3.8) is 0 Å². The summed E-state index contributed by atoms with van der Waals surface area (Å²) >= 11 is 0. The maximum atomic E-state index is 14.1. The monoisotopic (exact) mass is 483 g/mol. The molecule has 9 heteroatoms. The number of ether oxygens (including phenoxy) is 1. The zero-order valence-corrected chi connectivity index (χ0v) is 19.2. The molecule has 0 radical (unpaired) electrons. The number of halogens is 2. The van der Waals surface area contributed by atoms with Gasteiger partial charge in [-0.1, -0.05) is 43.2 Å². The maximum absolute atomic E-state index is 14.1. The number of nitrogens with zero attached hydrogens (tertiary/aromatic N) is 2. The molecule has 0 bridgehead atoms. The van der Waals surface area contributed by atoms with Gasteiger partial charge in [-0.2, -0.15) is 0 Å². The molecule has 0 aromatic heterocycles. The number of carbonyl (C=O) groups is 3. The molecular formula is C26H27F2N3O4. The fourth-order valence-electron chi connectivity index (χ4n) is 5.51. The van der Waals surface area contributed by atoms with Crippen molar-refractivity contribution in [2.24, 2.45) is 5.92 Å². The molecule has 7 nitrogen and oxygen atoms in total. The summed E-state index contributed by atoms with van der Waals surface area (Å²) < 4.78 is 33.5. The number of amides is 4. The summed E-state index contributed by atoms with van der Waals surface area (Å²) in [5, 5.41) is 2.42. The Morgan fingerprint density at radius 1 is 1.06 bits per heavy atom. The van der Waals surface area contributed by atoms with Crippen molar-refractivity contribution in [3.05, 3.63) is 65.7 Å². The topological polar surface area (TPSA) is 79.0 Å². The van der Waals surface area contributed by atoms with E-state index in [0.717, 1.165) is 48.3 Å². The molecule has 35 heavy (non-hydrogen) atoms. The van der Waals surface area contributed by atoms with E-state index >= 15 is 0 Å². The standard InChI is InChI=1S/C26H27F2N3O4/c27-17-10-11-20(19(28)14-17)29-22(32)15-31-23-18-8-4-5-9-21(18)35-24(23)25(33)30(26(31)34)13-12-16-6-2-1-3-7-16/h1-3,6-7,10-11,14,18,21,23-24H,4-5,8-9,12-13,15H2,(H,29,32). The summed E-state index contributed by atoms with van der Waals surface area (Å²) in [5.74, 6) is -2.69. The van der Waals surface area contributed by atoms with E-state index in [9.17, 15) is 23.2 Å². The fourth-order valence-corrected chi connectivity index (χ4v) is 5.51. The molecule has 1 aliphatic carbocycles. The van der Waals surface area contributed by atoms with Crippen molar-refractivity contribution >= 4 is 23.5 Å². The summed E-state index contributed by atoms with van der Waals surface area (Å²) in [6.07, 6.45) is 3.09. The van der Waals surface area contributed by atoms with E-state index in [4.69, 9.17) is 4.74 Å². The van der Waals surface area contributed by atoms with Gasteiger partial charge in [-0.05, 0) is 37.0 Å². The molecule has 4 atom stereocenters. The highest BCUT2D eigenvalue weighted by molar-refractivity contribution is 6.02. The molecule has 4 unspecified atom stereocenters. The van der Waals surface area contributed by atoms with E-state index in [1.165, 1.54) is 4.90 Å². The number of imide groups is 1. The number of rotatable bonds is 6. The van der Waals surface area contributed by atoms with Gasteiger partial charge in [0.25, 0.3) is 5.91 Å². The Morgan fingerprint density at radius 2 is 1.83 bits per heavy atom. The van der Waals surface area contributed by atoms with Gasteiger partial charge < -0.3 is 15.0 Å². The predicted octanol–water partition coefficient (Wildman–Crippen LogP) is 3.74. The summed E-state index contributed by atoms with van der Waals surface area (Å²) in [4.78, 5) is 42.3. The van der Waals surface area contributed by atoms with Crippen LogP contribution in [0.5, 0.6) is 0 Å². The second-order valence-electron chi connectivity index (χ2n) is 9.34. The van der Waals surface area contributed by atoms with Gasteiger partial charge in [-0.25, -0.2) is 13.6 Å². The average Bonchev–Trinajstić information content (AvgIpc) is 3.24. The maximum Gasteiger partial charge on any atom is 0.327 e. The van der Waals surface area contributed by atoms with Gasteiger partial charge in [0, 0.05) is 18.5 Å². The number of urea groups is 1. The molecule has 5 rings (SSSR count). The number of nitrogens with one attached hydrogen (secondary N) is 1. The average molecular weight is 484 g/mol. The van der Waals surface area contributed by atoms with Crippen LogP contribution in [0.3, 0.4) is 0 Å². The van der Waals surface area contributed by atoms with Gasteiger partial charge in [-0.15, -0.1) is 0 Å². The van der Waals surface area contributed by atoms with E-state index in [1.807, 2.05) is 30.3 Å². The van der Waals surface area contributed by atoms with Crippen LogP contribution in [-0.4, -0.2) is 59.0 Å². The molecule has 2 aliphatic heterocycles. The van der Waals surface area contributed by atoms with Gasteiger partial charge in [0.05, 0.1) is 17.8 Å². The second kappa shape index (κ2) is 9.73. The molecule has 184 valence electrons. The summed E-state index contributed by atoms with van der Waals surface area (Å²) in [6, 6.07) is 11.3. The van der Waals surface area contributed by atoms with Gasteiger partial charge >= 0.3 is 6.03 Å². The highest BCUT2D eigenvalue weighted by atomic mass is 19.1. The van der Waals surface area contributed by atoms with E-state index in [1.54, 1.807) is 0 Å². The van der Waals surface area contributed by atoms with Crippen LogP contribution >= 0.6 is 0 Å². The van der Waals surface area contributed by atoms with Crippen LogP contribution in [0.2, 0.25) is 0 Å². The third kappa shape index (κ3) is 4.65. The van der Waals surface area contributed by atoms with Crippen LogP contribution in [0.15, 0.2) is 48.5 Å². The van der Waals surface area contributed by atoms with Crippen molar-refractivity contribution in [3.8, 4) is 0 Å². The lowest BCUT2D eigenvalue weighted by atomic mass is 9.81. The quantitative estimate of drug-likeness (QED) is 0.679. The normalized spacial score (nSPS) is 25.9. The number of carbonyl (C=O) groups excluding carboxylic acids is 3. The molecule has 3 fully saturated rings. The molecular weight excluding hydrogens is 456 g/mol. The highest BCUT2D eigenvalue weighted by Gasteiger charge is 2.57. The molecule has 1 saturated carbocycles. The Balaban J connectivity index is 1.38. The first-order valence-corrected chi connectivity index (χ1v) is 12.0. The first-order chi connectivity index (χ1) is 16.9. The van der Waals surface area contributed by atoms with Crippen molar-refractivity contribution in [1.29, 1.82) is 0 Å². The summed E-state index contributed by atoms with van der Waals surface area (Å²) in [7, 11) is 0. The second-order valence-corrected chi connectivity index (χ2v) is 9.34. The van der Waals surface area contributed by atoms with Gasteiger partial charge in [0.15, 0.2) is 6.10 Å². The Bertz CT molecular complexity index is 1130. The largest absolute Gasteiger partial charge is 0.363 e. The third-order valence-corrected chi connectivity index (χ3v) is 7.16. The van der Waals surface area contributed by atoms with Gasteiger partial charge in [0.1, 0.15) is 18.2 Å². The van der Waals surface area contributed by atoms with Crippen molar-refractivity contribution in [2.75, 3.05) is 18.4 Å². The molecule has 2 aromatic rings. The Morgan fingerprint density at radius 3 is 2.60 bits per heavy atom. The lowest BCUT2D eigenvalue weighted by Crippen LogP contribution is -2.65. The lowest BCUT2D eigenvalue weighted by Gasteiger charge is -2.43. The van der Waals surface area contributed by atoms with E-state index in [-0.39, 0.29) is 36.7 Å². The highest BCUT2D eigenvalue weighted by Crippen LogP contribution is 2.43. The third-order valence-electron chi connectivity index (χ3n) is 7.16. The Hall–Kier alpha value is -3.33. The Labute approximate surface area is 202 Å². The van der Waals surface area contributed by atoms with Crippen molar-refractivity contribution in [2.45, 2.75) is 50.4 Å². The molecule has 4 amide bonds. The van der Waals surface area contributed by atoms with E-state index in [2.05, 4.69) is 5.32 Å². The number of anilines is 1. The Kier molecular flexibility index (Phi) is 6.51. The van der Waals surface area contributed by atoms with Gasteiger partial charge in [-0.3, -0.25) is 14.5 Å². The zero-order chi connectivity index (χ0) is 24.5. The first-order valence-electron chi connectivity index (χ1n) is 12.0. The van der Waals surface area contributed by atoms with Crippen LogP contribution < -0.4 is 5.32 Å². The first kappa shape index (κ1) is 23.4. The molecule has 3 aliphatic rings. The minimum absolute atomic E-state index is 0.0340. The van der Waals surface area contributed by atoms with Crippen molar-refractivity contribution < 1.29 is 27.9 Å². The van der Waals surface area contributed by atoms with E-state index in [0.29, 0.717) is 12.5 Å². The molecule has 0 spiro atoms. The lowest BCUT2D eigenvalue weighted by molar-refractivity contribution is -0.147. The SMILES string of the molecule is O=C(CN1C(=O)N(CCc2ccccc2)C(=O)C2OC3CCCCC3C21)Nc1ccc(F)cc1F. The summed E-state index contributed by atoms with van der Waals surface area (Å²) in [5.41, 5.74) is 0.806. The number of hydrogen-bond donors (Lipinski definition) is 1. The van der Waals surface area contributed by atoms with Crippen LogP contribution in [0, 0.1) is 17.6 Å². The molecule has 2 saturated heterocycles. The van der Waals surface area contributed by atoms with Crippen LogP contribution in [0.25, 0.3) is 0 Å². The molecule has 2 heterocycles. The number of benzene rings is 2. The number of hydrogen-bond acceptors (Lipinski definition) is 4. The van der Waals surface area contributed by atoms with Crippen LogP contribution in [0.1, 0.15) is 31.2 Å². The minimum atomic E-state index is -0.905. The molecule has 1 N–H and O–H groups in total. The van der Waals surface area contributed by atoms with Gasteiger partial charge in [0.2, 0.25) is 5.91 Å². The van der Waals surface area contributed by atoms with Crippen LogP contribution in [0.4, 0.5) is 19.3 Å². The van der Waals surface area contributed by atoms with E-state index < -0.39 is 35.7 Å². The van der Waals surface area contributed by atoms with Crippen molar-refractivity contribution in [1.82, 2.24) is 9.80 Å². The smallest absolute Gasteiger partial charge is 0.327 e. The minimum Gasteiger partial charge on any atom is -0.363 e. The summed E-state index contributed by atoms with van der Waals surface area (Å²) in [6.45, 7) is -0.202. The predicted molar refractivity (Wildman–Crippen MR) is 123 cm³/mol. The molecule has 2 aromatic carbocycles. The number of fused-ring (bicyclic) bond motifs is 3. The fraction of sp³-hybridized carbons (Fsp3) is 0.423. The van der Waals surface area contributed by atoms with Crippen LogP contribution in [-0.2, 0) is 20.7 Å². The zero-order valence-electron chi connectivity index (χ0n) is 19.2.